The molecule has 10 nitrogen and oxygen atoms in total. The van der Waals surface area contributed by atoms with Crippen LogP contribution in [0.15, 0.2) is 0 Å². The molecule has 0 aliphatic carbocycles. The summed E-state index contributed by atoms with van der Waals surface area (Å²) in [6.07, 6.45) is -0.627. The van der Waals surface area contributed by atoms with Gasteiger partial charge in [0.1, 0.15) is 18.8 Å². The van der Waals surface area contributed by atoms with E-state index < -0.39 is 42.7 Å². The van der Waals surface area contributed by atoms with Crippen molar-refractivity contribution in [3.63, 3.8) is 0 Å². The van der Waals surface area contributed by atoms with Gasteiger partial charge in [0, 0.05) is 0 Å². The Kier molecular flexibility index (Phi) is 8.17. The van der Waals surface area contributed by atoms with E-state index in [2.05, 4.69) is 9.37 Å². The Morgan fingerprint density at radius 3 is 2.42 bits per heavy atom. The van der Waals surface area contributed by atoms with Crippen LogP contribution < -0.4 is 34.8 Å². The van der Waals surface area contributed by atoms with E-state index in [1.165, 1.54) is 0 Å². The van der Waals surface area contributed by atoms with Crippen molar-refractivity contribution in [1.82, 2.24) is 9.80 Å². The van der Waals surface area contributed by atoms with Gasteiger partial charge >= 0.3 is 41.6 Å². The molecule has 1 rings (SSSR count). The number of nitrogens with zero attached hydrogens (tertiary/aromatic N) is 2. The number of carboxylic acid groups (broad SMARTS) is 1. The van der Waals surface area contributed by atoms with Gasteiger partial charge in [-0.15, -0.1) is 0 Å². The Morgan fingerprint density at radius 2 is 1.89 bits per heavy atom. The summed E-state index contributed by atoms with van der Waals surface area (Å²) in [4.78, 5) is 45.8. The molecule has 0 aromatic heterocycles. The molecule has 0 bridgehead atoms. The van der Waals surface area contributed by atoms with Gasteiger partial charge in [-0.3, -0.25) is 29.2 Å². The van der Waals surface area contributed by atoms with Gasteiger partial charge in [-0.25, -0.2) is 4.79 Å². The van der Waals surface area contributed by atoms with Gasteiger partial charge < -0.3 is 10.4 Å². The van der Waals surface area contributed by atoms with Crippen LogP contribution in [0.3, 0.4) is 0 Å². The number of rotatable bonds is 6. The zero-order chi connectivity index (χ0) is 13.7. The zero-order valence-electron chi connectivity index (χ0n) is 9.73. The van der Waals surface area contributed by atoms with Gasteiger partial charge in [-0.2, -0.15) is 4.33 Å². The van der Waals surface area contributed by atoms with E-state index in [0.717, 1.165) is 0 Å². The minimum absolute atomic E-state index is 0. The minimum atomic E-state index is -1.39. The predicted octanol–water partition coefficient (Wildman–Crippen LogP) is -4.91. The molecule has 1 saturated heterocycles. The molecule has 1 aliphatic rings. The van der Waals surface area contributed by atoms with Gasteiger partial charge in [0.25, 0.3) is 0 Å². The maximum atomic E-state index is 11.6. The number of carboxylic acids is 1. The third kappa shape index (κ3) is 5.06. The first-order chi connectivity index (χ1) is 8.47. The number of urea groups is 1. The molecule has 0 aromatic rings. The third-order valence-corrected chi connectivity index (χ3v) is 2.43. The summed E-state index contributed by atoms with van der Waals surface area (Å²) in [6.45, 7) is -0.842. The van der Waals surface area contributed by atoms with Crippen molar-refractivity contribution in [3.8, 4) is 0 Å². The van der Waals surface area contributed by atoms with Gasteiger partial charge in [-0.05, 0) is 0 Å². The van der Waals surface area contributed by atoms with Crippen LogP contribution in [-0.4, -0.2) is 51.1 Å². The van der Waals surface area contributed by atoms with Crippen molar-refractivity contribution in [3.05, 3.63) is 0 Å². The Bertz CT molecular complexity index is 391. The molecule has 12 heteroatoms. The van der Waals surface area contributed by atoms with E-state index in [0.29, 0.717) is 21.8 Å². The number of carbonyl (C=O) groups is 4. The number of amides is 4. The van der Waals surface area contributed by atoms with Crippen molar-refractivity contribution in [2.45, 2.75) is 6.42 Å². The maximum Gasteiger partial charge on any atom is 1.00 e. The van der Waals surface area contributed by atoms with E-state index in [-0.39, 0.29) is 29.6 Å². The van der Waals surface area contributed by atoms with Gasteiger partial charge in [0.05, 0.1) is 12.0 Å². The summed E-state index contributed by atoms with van der Waals surface area (Å²) in [5.74, 6) is -3.50. The SMILES string of the molecule is O=C(O)CN1C(=O)CC(=O)N(CSOO[O-])C1=O.[Na+]. The minimum Gasteiger partial charge on any atom is -0.691 e. The fourth-order valence-electron chi connectivity index (χ4n) is 1.19. The second-order valence-electron chi connectivity index (χ2n) is 3.04. The molecule has 0 atom stereocenters. The first kappa shape index (κ1) is 18.3. The Labute approximate surface area is 133 Å². The van der Waals surface area contributed by atoms with Crippen LogP contribution in [0.4, 0.5) is 4.79 Å². The summed E-state index contributed by atoms with van der Waals surface area (Å²) in [7, 11) is 0. The van der Waals surface area contributed by atoms with Crippen molar-refractivity contribution in [1.29, 1.82) is 0 Å². The molecule has 100 valence electrons. The number of barbiturate groups is 1. The van der Waals surface area contributed by atoms with Gasteiger partial charge in [-0.1, -0.05) is 0 Å². The Morgan fingerprint density at radius 1 is 1.32 bits per heavy atom. The molecule has 0 spiro atoms. The number of carbonyl (C=O) groups excluding carboxylic acids is 3. The zero-order valence-corrected chi connectivity index (χ0v) is 12.5. The number of imide groups is 2. The summed E-state index contributed by atoms with van der Waals surface area (Å²) < 4.78 is 3.87. The van der Waals surface area contributed by atoms with E-state index in [9.17, 15) is 24.4 Å². The Hall–Kier alpha value is -0.690. The van der Waals surface area contributed by atoms with Gasteiger partial charge in [0.2, 0.25) is 11.8 Å². The first-order valence-electron chi connectivity index (χ1n) is 4.42. The molecule has 0 unspecified atom stereocenters. The summed E-state index contributed by atoms with van der Waals surface area (Å²) in [6, 6.07) is -1.08. The molecule has 0 aromatic carbocycles. The van der Waals surface area contributed by atoms with E-state index in [4.69, 9.17) is 5.11 Å². The normalized spacial score (nSPS) is 15.5. The van der Waals surface area contributed by atoms with E-state index in [1.54, 1.807) is 0 Å². The molecule has 1 fully saturated rings. The fraction of sp³-hybridized carbons (Fsp3) is 0.429. The number of hydrogen-bond donors (Lipinski definition) is 1. The standard InChI is InChI=1S/C7H8N2O8S.Na/c10-4-1-5(11)9(3-18-17-16-15)7(14)8(4)2-6(12)13;/h15H,1-3H2,(H,12,13);/q;+1/p-1. The third-order valence-electron chi connectivity index (χ3n) is 1.92. The fourth-order valence-corrected chi connectivity index (χ4v) is 1.63. The molecule has 1 heterocycles. The monoisotopic (exact) mass is 302 g/mol. The first-order valence-corrected chi connectivity index (χ1v) is 5.33. The molecular formula is C7H7N2NaO8S. The molecule has 4 amide bonds. The Balaban J connectivity index is 0.00000324. The van der Waals surface area contributed by atoms with Crippen LogP contribution in [0.1, 0.15) is 6.42 Å². The van der Waals surface area contributed by atoms with Crippen molar-refractivity contribution in [2.75, 3.05) is 12.4 Å². The number of aliphatic carboxylic acids is 1. The number of hydrogen-bond acceptors (Lipinski definition) is 8. The summed E-state index contributed by atoms with van der Waals surface area (Å²) in [5.41, 5.74) is 0. The topological polar surface area (TPSA) is 137 Å². The van der Waals surface area contributed by atoms with Crippen LogP contribution in [0.5, 0.6) is 0 Å². The molecule has 0 radical (unpaired) electrons. The van der Waals surface area contributed by atoms with E-state index >= 15 is 0 Å². The van der Waals surface area contributed by atoms with Crippen LogP contribution in [0.25, 0.3) is 0 Å². The molecule has 19 heavy (non-hydrogen) atoms. The van der Waals surface area contributed by atoms with Crippen LogP contribution >= 0.6 is 12.0 Å². The molecule has 1 aliphatic heterocycles. The average molecular weight is 302 g/mol. The van der Waals surface area contributed by atoms with Crippen molar-refractivity contribution >= 4 is 35.9 Å². The predicted molar refractivity (Wildman–Crippen MR) is 50.8 cm³/mol. The van der Waals surface area contributed by atoms with Crippen LogP contribution in [0.2, 0.25) is 0 Å². The van der Waals surface area contributed by atoms with Gasteiger partial charge in [0.15, 0.2) is 0 Å². The second-order valence-corrected chi connectivity index (χ2v) is 3.67. The van der Waals surface area contributed by atoms with Crippen LogP contribution in [-0.2, 0) is 23.8 Å². The largest absolute Gasteiger partial charge is 1.00 e. The maximum absolute atomic E-state index is 11.6. The summed E-state index contributed by atoms with van der Waals surface area (Å²) >= 11 is 0.354. The van der Waals surface area contributed by atoms with Crippen molar-refractivity contribution < 1.29 is 68.5 Å². The second kappa shape index (κ2) is 8.47. The average Bonchev–Trinajstić information content (AvgIpc) is 2.28. The van der Waals surface area contributed by atoms with Crippen molar-refractivity contribution in [2.24, 2.45) is 0 Å². The smallest absolute Gasteiger partial charge is 0.691 e. The van der Waals surface area contributed by atoms with E-state index in [1.807, 2.05) is 0 Å². The molecule has 1 N–H and O–H groups in total. The molecule has 0 saturated carbocycles. The van der Waals surface area contributed by atoms with Crippen LogP contribution in [0, 0.1) is 0 Å². The summed E-state index contributed by atoms with van der Waals surface area (Å²) in [5, 5.41) is 21.1. The quantitative estimate of drug-likeness (QED) is 0.128. The molecular weight excluding hydrogens is 295 g/mol.